The van der Waals surface area contributed by atoms with Gasteiger partial charge in [0, 0.05) is 19.4 Å². The zero-order valence-electron chi connectivity index (χ0n) is 21.1. The third-order valence-corrected chi connectivity index (χ3v) is 5.60. The lowest BCUT2D eigenvalue weighted by molar-refractivity contribution is -0.131. The Hall–Kier alpha value is -4.45. The van der Waals surface area contributed by atoms with Crippen LogP contribution in [-0.2, 0) is 32.0 Å². The van der Waals surface area contributed by atoms with E-state index in [9.17, 15) is 19.2 Å². The summed E-state index contributed by atoms with van der Waals surface area (Å²) in [6, 6.07) is 15.3. The van der Waals surface area contributed by atoms with Gasteiger partial charge in [-0.05, 0) is 24.0 Å². The summed E-state index contributed by atoms with van der Waals surface area (Å²) in [7, 11) is 0. The number of hydrogen-bond donors (Lipinski definition) is 7. The van der Waals surface area contributed by atoms with Crippen LogP contribution < -0.4 is 38.9 Å². The summed E-state index contributed by atoms with van der Waals surface area (Å²) < 4.78 is 0. The van der Waals surface area contributed by atoms with Crippen molar-refractivity contribution >= 4 is 29.6 Å². The fraction of sp³-hybridized carbons (Fsp3) is 0.346. The number of aliphatic imine (C=N–C) groups is 1. The van der Waals surface area contributed by atoms with Crippen molar-refractivity contribution < 1.29 is 19.2 Å². The van der Waals surface area contributed by atoms with Gasteiger partial charge in [0.15, 0.2) is 5.96 Å². The molecule has 0 heterocycles. The van der Waals surface area contributed by atoms with E-state index in [1.165, 1.54) is 0 Å². The van der Waals surface area contributed by atoms with Crippen LogP contribution in [0.4, 0.5) is 0 Å². The van der Waals surface area contributed by atoms with Crippen LogP contribution in [0.3, 0.4) is 0 Å². The number of nitrogens with zero attached hydrogens (tertiary/aromatic N) is 1. The topological polar surface area (TPSA) is 221 Å². The number of benzene rings is 2. The van der Waals surface area contributed by atoms with Crippen LogP contribution in [-0.4, -0.2) is 60.8 Å². The Morgan fingerprint density at radius 1 is 0.763 bits per heavy atom. The Morgan fingerprint density at radius 2 is 1.32 bits per heavy atom. The van der Waals surface area contributed by atoms with E-state index < -0.39 is 41.8 Å². The quantitative estimate of drug-likeness (QED) is 0.0822. The number of primary amides is 1. The molecule has 0 saturated heterocycles. The molecule has 11 N–H and O–H groups in total. The summed E-state index contributed by atoms with van der Waals surface area (Å²) in [6.07, 6.45) is 1.17. The van der Waals surface area contributed by atoms with Crippen LogP contribution in [0.25, 0.3) is 0 Å². The second-order valence-corrected chi connectivity index (χ2v) is 8.74. The molecule has 2 rings (SSSR count). The third-order valence-electron chi connectivity index (χ3n) is 5.60. The first-order chi connectivity index (χ1) is 18.2. The van der Waals surface area contributed by atoms with Gasteiger partial charge in [-0.3, -0.25) is 24.2 Å². The molecule has 3 unspecified atom stereocenters. The molecule has 0 radical (unpaired) electrons. The molecule has 0 saturated carbocycles. The highest BCUT2D eigenvalue weighted by Gasteiger charge is 2.26. The lowest BCUT2D eigenvalue weighted by atomic mass is 10.0. The number of nitrogens with two attached hydrogens (primary N) is 4. The average Bonchev–Trinajstić information content (AvgIpc) is 2.89. The molecule has 3 atom stereocenters. The van der Waals surface area contributed by atoms with Crippen LogP contribution >= 0.6 is 0 Å². The maximum atomic E-state index is 13.2. The van der Waals surface area contributed by atoms with E-state index in [0.29, 0.717) is 19.4 Å². The molecule has 204 valence electrons. The first-order valence-electron chi connectivity index (χ1n) is 12.2. The molecular formula is C26H36N8O4. The van der Waals surface area contributed by atoms with E-state index in [1.54, 1.807) is 0 Å². The van der Waals surface area contributed by atoms with Crippen LogP contribution in [0.5, 0.6) is 0 Å². The van der Waals surface area contributed by atoms with E-state index in [4.69, 9.17) is 22.9 Å². The number of carbonyl (C=O) groups is 4. The number of nitrogens with one attached hydrogen (secondary N) is 3. The van der Waals surface area contributed by atoms with Crippen LogP contribution in [0, 0.1) is 0 Å². The predicted molar refractivity (Wildman–Crippen MR) is 144 cm³/mol. The van der Waals surface area contributed by atoms with Crippen molar-refractivity contribution in [3.05, 3.63) is 71.8 Å². The first-order valence-corrected chi connectivity index (χ1v) is 12.2. The molecule has 0 aliphatic carbocycles. The highest BCUT2D eigenvalue weighted by atomic mass is 16.2. The second-order valence-electron chi connectivity index (χ2n) is 8.74. The van der Waals surface area contributed by atoms with E-state index in [1.807, 2.05) is 60.7 Å². The van der Waals surface area contributed by atoms with E-state index in [0.717, 1.165) is 11.1 Å². The van der Waals surface area contributed by atoms with Gasteiger partial charge in [-0.15, -0.1) is 0 Å². The van der Waals surface area contributed by atoms with Gasteiger partial charge < -0.3 is 38.9 Å². The lowest BCUT2D eigenvalue weighted by Crippen LogP contribution is -2.55. The summed E-state index contributed by atoms with van der Waals surface area (Å²) in [4.78, 5) is 53.9. The molecule has 0 aliphatic heterocycles. The minimum absolute atomic E-state index is 0.0454. The Kier molecular flexibility index (Phi) is 12.2. The molecule has 12 nitrogen and oxygen atoms in total. The van der Waals surface area contributed by atoms with E-state index in [-0.39, 0.29) is 25.3 Å². The largest absolute Gasteiger partial charge is 0.370 e. The van der Waals surface area contributed by atoms with Gasteiger partial charge in [-0.25, -0.2) is 0 Å². The normalized spacial score (nSPS) is 12.9. The summed E-state index contributed by atoms with van der Waals surface area (Å²) in [5.74, 6) is -2.44. The number of amides is 4. The smallest absolute Gasteiger partial charge is 0.243 e. The predicted octanol–water partition coefficient (Wildman–Crippen LogP) is -1.58. The zero-order valence-corrected chi connectivity index (χ0v) is 21.1. The maximum absolute atomic E-state index is 13.2. The third kappa shape index (κ3) is 11.1. The molecule has 0 spiro atoms. The molecule has 4 amide bonds. The second kappa shape index (κ2) is 15.6. The Bertz CT molecular complexity index is 1090. The average molecular weight is 525 g/mol. The number of carbonyl (C=O) groups excluding carboxylic acids is 4. The molecular weight excluding hydrogens is 488 g/mol. The van der Waals surface area contributed by atoms with Crippen molar-refractivity contribution in [2.45, 2.75) is 43.8 Å². The summed E-state index contributed by atoms with van der Waals surface area (Å²) in [5.41, 5.74) is 23.5. The minimum atomic E-state index is -1.02. The van der Waals surface area contributed by atoms with Gasteiger partial charge in [0.2, 0.25) is 23.6 Å². The summed E-state index contributed by atoms with van der Waals surface area (Å²) >= 11 is 0. The Balaban J connectivity index is 1.99. The fourth-order valence-corrected chi connectivity index (χ4v) is 3.60. The van der Waals surface area contributed by atoms with E-state index in [2.05, 4.69) is 20.9 Å². The number of hydrogen-bond acceptors (Lipinski definition) is 6. The molecule has 12 heteroatoms. The van der Waals surface area contributed by atoms with Crippen LogP contribution in [0.2, 0.25) is 0 Å². The molecule has 0 bridgehead atoms. The van der Waals surface area contributed by atoms with Crippen LogP contribution in [0.15, 0.2) is 65.7 Å². The number of rotatable bonds is 15. The van der Waals surface area contributed by atoms with Crippen molar-refractivity contribution in [2.24, 2.45) is 27.9 Å². The molecule has 0 fully saturated rings. The monoisotopic (exact) mass is 524 g/mol. The summed E-state index contributed by atoms with van der Waals surface area (Å²) in [6.45, 7) is -0.0566. The van der Waals surface area contributed by atoms with Crippen molar-refractivity contribution in [3.8, 4) is 0 Å². The molecule has 38 heavy (non-hydrogen) atoms. The van der Waals surface area contributed by atoms with Gasteiger partial charge in [0.1, 0.15) is 12.1 Å². The molecule has 0 aliphatic rings. The van der Waals surface area contributed by atoms with Crippen LogP contribution in [0.1, 0.15) is 24.0 Å². The highest BCUT2D eigenvalue weighted by Crippen LogP contribution is 2.07. The SMILES string of the molecule is NC(=O)C(Cc1ccccc1)NC(=O)C(Cc1ccccc1)NC(=O)CNC(=O)C(N)CCCN=C(N)N. The van der Waals surface area contributed by atoms with Crippen molar-refractivity contribution in [1.29, 1.82) is 0 Å². The number of guanidine groups is 1. The standard InChI is InChI=1S/C26H36N8O4/c27-19(12-7-13-31-26(29)30)24(37)32-16-22(35)33-21(15-18-10-5-2-6-11-18)25(38)34-20(23(28)36)14-17-8-3-1-4-9-17/h1-6,8-11,19-21H,7,12-16,27H2,(H2,28,36)(H,32,37)(H,33,35)(H,34,38)(H4,29,30,31). The van der Waals surface area contributed by atoms with E-state index >= 15 is 0 Å². The fourth-order valence-electron chi connectivity index (χ4n) is 3.60. The lowest BCUT2D eigenvalue weighted by Gasteiger charge is -2.22. The maximum Gasteiger partial charge on any atom is 0.243 e. The van der Waals surface area contributed by atoms with Crippen molar-refractivity contribution in [3.63, 3.8) is 0 Å². The van der Waals surface area contributed by atoms with Crippen molar-refractivity contribution in [1.82, 2.24) is 16.0 Å². The molecule has 2 aromatic carbocycles. The van der Waals surface area contributed by atoms with Crippen molar-refractivity contribution in [2.75, 3.05) is 13.1 Å². The van der Waals surface area contributed by atoms with Gasteiger partial charge in [0.05, 0.1) is 12.6 Å². The van der Waals surface area contributed by atoms with Gasteiger partial charge in [-0.2, -0.15) is 0 Å². The summed E-state index contributed by atoms with van der Waals surface area (Å²) in [5, 5.41) is 7.74. The van der Waals surface area contributed by atoms with Gasteiger partial charge in [0.25, 0.3) is 0 Å². The Labute approximate surface area is 221 Å². The van der Waals surface area contributed by atoms with Gasteiger partial charge >= 0.3 is 0 Å². The molecule has 2 aromatic rings. The van der Waals surface area contributed by atoms with Gasteiger partial charge in [-0.1, -0.05) is 60.7 Å². The molecule has 0 aromatic heterocycles. The Morgan fingerprint density at radius 3 is 1.84 bits per heavy atom. The minimum Gasteiger partial charge on any atom is -0.370 e. The zero-order chi connectivity index (χ0) is 27.9. The first kappa shape index (κ1) is 29.8. The highest BCUT2D eigenvalue weighted by molar-refractivity contribution is 5.93.